The van der Waals surface area contributed by atoms with E-state index >= 15 is 0 Å². The molecule has 0 aliphatic carbocycles. The van der Waals surface area contributed by atoms with E-state index in [1.165, 1.54) is 18.3 Å². The zero-order valence-corrected chi connectivity index (χ0v) is 12.9. The minimum Gasteiger partial charge on any atom is -0.261 e. The van der Waals surface area contributed by atoms with Crippen LogP contribution in [0.4, 0.5) is 14.5 Å². The van der Waals surface area contributed by atoms with Crippen molar-refractivity contribution in [2.24, 2.45) is 5.10 Å². The van der Waals surface area contributed by atoms with E-state index in [9.17, 15) is 8.78 Å². The fourth-order valence-electron chi connectivity index (χ4n) is 2.29. The van der Waals surface area contributed by atoms with Gasteiger partial charge in [-0.05, 0) is 29.8 Å². The van der Waals surface area contributed by atoms with Gasteiger partial charge in [-0.25, -0.2) is 8.78 Å². The number of anilines is 1. The first-order valence-electron chi connectivity index (χ1n) is 7.58. The van der Waals surface area contributed by atoms with Crippen LogP contribution in [0.2, 0.25) is 0 Å². The second-order valence-corrected chi connectivity index (χ2v) is 5.29. The topological polar surface area (TPSA) is 15.6 Å². The van der Waals surface area contributed by atoms with Gasteiger partial charge in [0.1, 0.15) is 11.6 Å². The van der Waals surface area contributed by atoms with Crippen molar-refractivity contribution >= 4 is 11.9 Å². The van der Waals surface area contributed by atoms with Crippen molar-refractivity contribution in [2.75, 3.05) is 5.01 Å². The molecule has 3 rings (SSSR count). The van der Waals surface area contributed by atoms with Crippen molar-refractivity contribution in [3.63, 3.8) is 0 Å². The normalized spacial score (nSPS) is 10.9. The summed E-state index contributed by atoms with van der Waals surface area (Å²) in [6.07, 6.45) is 1.41. The molecule has 120 valence electrons. The monoisotopic (exact) mass is 322 g/mol. The molecule has 0 amide bonds. The molecule has 4 heteroatoms. The molecule has 24 heavy (non-hydrogen) atoms. The molecule has 3 aromatic rings. The van der Waals surface area contributed by atoms with Gasteiger partial charge in [-0.3, -0.25) is 5.01 Å². The molecule has 0 aliphatic heterocycles. The van der Waals surface area contributed by atoms with E-state index in [1.807, 2.05) is 60.7 Å². The van der Waals surface area contributed by atoms with Crippen LogP contribution in [0.3, 0.4) is 0 Å². The molecule has 0 unspecified atom stereocenters. The summed E-state index contributed by atoms with van der Waals surface area (Å²) in [4.78, 5) is 0. The summed E-state index contributed by atoms with van der Waals surface area (Å²) in [5, 5.41) is 6.17. The summed E-state index contributed by atoms with van der Waals surface area (Å²) in [5.41, 5.74) is 2.21. The molecule has 0 N–H and O–H groups in total. The van der Waals surface area contributed by atoms with Gasteiger partial charge >= 0.3 is 0 Å². The van der Waals surface area contributed by atoms with Crippen molar-refractivity contribution in [1.82, 2.24) is 0 Å². The maximum Gasteiger partial charge on any atom is 0.134 e. The molecule has 0 radical (unpaired) electrons. The summed E-state index contributed by atoms with van der Waals surface area (Å²) >= 11 is 0. The lowest BCUT2D eigenvalue weighted by molar-refractivity contribution is 0.582. The molecule has 0 saturated carbocycles. The molecular weight excluding hydrogens is 306 g/mol. The first kappa shape index (κ1) is 15.9. The quantitative estimate of drug-likeness (QED) is 0.476. The zero-order chi connectivity index (χ0) is 16.8. The first-order chi connectivity index (χ1) is 11.7. The second-order valence-electron chi connectivity index (χ2n) is 5.29. The molecule has 0 aromatic heterocycles. The van der Waals surface area contributed by atoms with Crippen molar-refractivity contribution < 1.29 is 8.78 Å². The number of benzene rings is 3. The van der Waals surface area contributed by atoms with Gasteiger partial charge in [-0.1, -0.05) is 48.5 Å². The van der Waals surface area contributed by atoms with E-state index in [0.29, 0.717) is 6.54 Å². The van der Waals surface area contributed by atoms with Crippen LogP contribution < -0.4 is 5.01 Å². The number of para-hydroxylation sites is 1. The number of rotatable bonds is 5. The average Bonchev–Trinajstić information content (AvgIpc) is 2.61. The molecule has 0 atom stereocenters. The SMILES string of the molecule is Fc1ccc(C=NN(Cc2ccccc2)c2ccccc2)c(F)c1. The van der Waals surface area contributed by atoms with Gasteiger partial charge in [0.15, 0.2) is 0 Å². The summed E-state index contributed by atoms with van der Waals surface area (Å²) in [7, 11) is 0. The highest BCUT2D eigenvalue weighted by atomic mass is 19.1. The lowest BCUT2D eigenvalue weighted by atomic mass is 10.2. The van der Waals surface area contributed by atoms with Crippen LogP contribution in [0.1, 0.15) is 11.1 Å². The summed E-state index contributed by atoms with van der Waals surface area (Å²) in [6.45, 7) is 0.546. The lowest BCUT2D eigenvalue weighted by Crippen LogP contribution is -2.16. The van der Waals surface area contributed by atoms with Crippen LogP contribution in [-0.4, -0.2) is 6.21 Å². The van der Waals surface area contributed by atoms with Gasteiger partial charge in [-0.2, -0.15) is 5.10 Å². The third-order valence-electron chi connectivity index (χ3n) is 3.53. The highest BCUT2D eigenvalue weighted by Gasteiger charge is 2.06. The number of nitrogens with zero attached hydrogens (tertiary/aromatic N) is 2. The summed E-state index contributed by atoms with van der Waals surface area (Å²) in [6, 6.07) is 22.9. The largest absolute Gasteiger partial charge is 0.261 e. The minimum atomic E-state index is -0.633. The van der Waals surface area contributed by atoms with Gasteiger partial charge in [-0.15, -0.1) is 0 Å². The summed E-state index contributed by atoms with van der Waals surface area (Å²) in [5.74, 6) is -1.24. The molecule has 0 spiro atoms. The Kier molecular flexibility index (Phi) is 4.96. The number of hydrogen-bond donors (Lipinski definition) is 0. The molecular formula is C20H16F2N2. The predicted octanol–water partition coefficient (Wildman–Crippen LogP) is 5.01. The van der Waals surface area contributed by atoms with Crippen LogP contribution in [0.25, 0.3) is 0 Å². The van der Waals surface area contributed by atoms with Gasteiger partial charge in [0, 0.05) is 11.6 Å². The zero-order valence-electron chi connectivity index (χ0n) is 12.9. The highest BCUT2D eigenvalue weighted by molar-refractivity contribution is 5.80. The molecule has 0 aliphatic rings. The second kappa shape index (κ2) is 7.51. The molecule has 0 fully saturated rings. The fraction of sp³-hybridized carbons (Fsp3) is 0.0500. The van der Waals surface area contributed by atoms with Crippen LogP contribution >= 0.6 is 0 Å². The Morgan fingerprint density at radius 1 is 0.833 bits per heavy atom. The number of hydrazone groups is 1. The van der Waals surface area contributed by atoms with Crippen molar-refractivity contribution in [1.29, 1.82) is 0 Å². The third-order valence-corrected chi connectivity index (χ3v) is 3.53. The van der Waals surface area contributed by atoms with E-state index in [2.05, 4.69) is 5.10 Å². The highest BCUT2D eigenvalue weighted by Crippen LogP contribution is 2.17. The van der Waals surface area contributed by atoms with Crippen molar-refractivity contribution in [3.8, 4) is 0 Å². The molecule has 2 nitrogen and oxygen atoms in total. The molecule has 0 bridgehead atoms. The van der Waals surface area contributed by atoms with E-state index in [-0.39, 0.29) is 5.56 Å². The van der Waals surface area contributed by atoms with Gasteiger partial charge in [0.05, 0.1) is 18.4 Å². The fourth-order valence-corrected chi connectivity index (χ4v) is 2.29. The van der Waals surface area contributed by atoms with E-state index in [1.54, 1.807) is 5.01 Å². The molecule has 0 heterocycles. The van der Waals surface area contributed by atoms with Gasteiger partial charge in [0.25, 0.3) is 0 Å². The van der Waals surface area contributed by atoms with Crippen LogP contribution in [0.15, 0.2) is 84.0 Å². The Balaban J connectivity index is 1.88. The van der Waals surface area contributed by atoms with Crippen LogP contribution in [0, 0.1) is 11.6 Å². The maximum atomic E-state index is 13.8. The predicted molar refractivity (Wildman–Crippen MR) is 93.0 cm³/mol. The average molecular weight is 322 g/mol. The Hall–Kier alpha value is -3.01. The van der Waals surface area contributed by atoms with Crippen LogP contribution in [-0.2, 0) is 6.54 Å². The Labute approximate surface area is 139 Å². The number of halogens is 2. The molecule has 0 saturated heterocycles. The Morgan fingerprint density at radius 3 is 2.17 bits per heavy atom. The van der Waals surface area contributed by atoms with Gasteiger partial charge < -0.3 is 0 Å². The standard InChI is InChI=1S/C20H16F2N2/c21-18-12-11-17(20(22)13-18)14-23-24(19-9-5-2-6-10-19)15-16-7-3-1-4-8-16/h1-14H,15H2. The molecule has 3 aromatic carbocycles. The van der Waals surface area contributed by atoms with Crippen molar-refractivity contribution in [3.05, 3.63) is 102 Å². The number of hydrogen-bond acceptors (Lipinski definition) is 2. The van der Waals surface area contributed by atoms with E-state index in [4.69, 9.17) is 0 Å². The minimum absolute atomic E-state index is 0.241. The first-order valence-corrected chi connectivity index (χ1v) is 7.58. The lowest BCUT2D eigenvalue weighted by Gasteiger charge is -2.19. The Bertz CT molecular complexity index is 818. The van der Waals surface area contributed by atoms with E-state index in [0.717, 1.165) is 17.3 Å². The van der Waals surface area contributed by atoms with Gasteiger partial charge in [0.2, 0.25) is 0 Å². The smallest absolute Gasteiger partial charge is 0.134 e. The third kappa shape index (κ3) is 4.04. The maximum absolute atomic E-state index is 13.8. The van der Waals surface area contributed by atoms with E-state index < -0.39 is 11.6 Å². The summed E-state index contributed by atoms with van der Waals surface area (Å²) < 4.78 is 26.8. The van der Waals surface area contributed by atoms with Crippen LogP contribution in [0.5, 0.6) is 0 Å². The Morgan fingerprint density at radius 2 is 1.50 bits per heavy atom. The van der Waals surface area contributed by atoms with Crippen molar-refractivity contribution in [2.45, 2.75) is 6.54 Å².